The first kappa shape index (κ1) is 17.6. The zero-order chi connectivity index (χ0) is 18.6. The summed E-state index contributed by atoms with van der Waals surface area (Å²) in [5.41, 5.74) is 4.49. The van der Waals surface area contributed by atoms with Crippen molar-refractivity contribution in [3.05, 3.63) is 53.6 Å². The summed E-state index contributed by atoms with van der Waals surface area (Å²) < 4.78 is 4.74. The highest BCUT2D eigenvalue weighted by atomic mass is 16.6. The molecular formula is C20H23N5O2. The van der Waals surface area contributed by atoms with Gasteiger partial charge in [-0.3, -0.25) is 14.6 Å². The minimum absolute atomic E-state index is 0.0439. The first-order valence-electron chi connectivity index (χ1n) is 9.19. The molecule has 4 rings (SSSR count). The predicted molar refractivity (Wildman–Crippen MR) is 103 cm³/mol. The zero-order valence-electron chi connectivity index (χ0n) is 15.4. The average Bonchev–Trinajstić information content (AvgIpc) is 3.13. The van der Waals surface area contributed by atoms with E-state index in [1.165, 1.54) is 11.1 Å². The van der Waals surface area contributed by atoms with Crippen molar-refractivity contribution >= 4 is 22.6 Å². The molecule has 1 aliphatic rings. The molecule has 2 heterocycles. The second-order valence-electron chi connectivity index (χ2n) is 7.03. The Bertz CT molecular complexity index is 931. The van der Waals surface area contributed by atoms with Gasteiger partial charge in [-0.15, -0.1) is 0 Å². The molecule has 0 aliphatic carbocycles. The van der Waals surface area contributed by atoms with Gasteiger partial charge in [-0.2, -0.15) is 0 Å². The van der Waals surface area contributed by atoms with Crippen LogP contribution in [0.25, 0.3) is 11.0 Å². The topological polar surface area (TPSA) is 74.5 Å². The third-order valence-corrected chi connectivity index (χ3v) is 4.88. The lowest BCUT2D eigenvalue weighted by molar-refractivity contribution is -0.117. The molecule has 0 atom stereocenters. The second-order valence-corrected chi connectivity index (χ2v) is 7.03. The Morgan fingerprint density at radius 2 is 1.85 bits per heavy atom. The first-order valence-corrected chi connectivity index (χ1v) is 9.19. The molecule has 0 unspecified atom stereocenters. The summed E-state index contributed by atoms with van der Waals surface area (Å²) in [4.78, 5) is 17.0. The molecule has 1 saturated heterocycles. The number of benzene rings is 2. The predicted octanol–water partition coefficient (Wildman–Crippen LogP) is 2.29. The van der Waals surface area contributed by atoms with Crippen molar-refractivity contribution < 1.29 is 9.42 Å². The van der Waals surface area contributed by atoms with Crippen LogP contribution in [0.15, 0.2) is 47.1 Å². The lowest BCUT2D eigenvalue weighted by Gasteiger charge is -2.34. The van der Waals surface area contributed by atoms with Crippen molar-refractivity contribution in [2.24, 2.45) is 0 Å². The second kappa shape index (κ2) is 7.85. The number of anilines is 1. The van der Waals surface area contributed by atoms with Crippen LogP contribution in [0.5, 0.6) is 0 Å². The number of rotatable bonds is 5. The molecule has 7 heteroatoms. The van der Waals surface area contributed by atoms with E-state index in [0.717, 1.165) is 32.7 Å². The number of nitrogens with one attached hydrogen (secondary N) is 1. The molecular weight excluding hydrogens is 342 g/mol. The van der Waals surface area contributed by atoms with Gasteiger partial charge in [0.2, 0.25) is 5.91 Å². The minimum Gasteiger partial charge on any atom is -0.323 e. The van der Waals surface area contributed by atoms with E-state index in [9.17, 15) is 4.79 Å². The van der Waals surface area contributed by atoms with Crippen molar-refractivity contribution in [2.75, 3.05) is 38.0 Å². The van der Waals surface area contributed by atoms with Crippen LogP contribution >= 0.6 is 0 Å². The Kier molecular flexibility index (Phi) is 5.13. The molecule has 140 valence electrons. The number of carbonyl (C=O) groups is 1. The maximum atomic E-state index is 12.4. The van der Waals surface area contributed by atoms with Crippen LogP contribution in [-0.2, 0) is 11.3 Å². The van der Waals surface area contributed by atoms with Crippen molar-refractivity contribution in [2.45, 2.75) is 13.5 Å². The molecule has 3 aromatic rings. The van der Waals surface area contributed by atoms with Crippen LogP contribution in [0, 0.1) is 6.92 Å². The summed E-state index contributed by atoms with van der Waals surface area (Å²) in [6.07, 6.45) is 0. The summed E-state index contributed by atoms with van der Waals surface area (Å²) in [7, 11) is 0. The van der Waals surface area contributed by atoms with Gasteiger partial charge in [0.25, 0.3) is 0 Å². The van der Waals surface area contributed by atoms with Crippen LogP contribution in [0.4, 0.5) is 5.69 Å². The number of aryl methyl sites for hydroxylation is 1. The summed E-state index contributed by atoms with van der Waals surface area (Å²) in [6, 6.07) is 14.1. The van der Waals surface area contributed by atoms with E-state index < -0.39 is 0 Å². The number of aromatic nitrogens is 2. The number of hydrogen-bond acceptors (Lipinski definition) is 6. The lowest BCUT2D eigenvalue weighted by Crippen LogP contribution is -2.48. The molecule has 2 aromatic carbocycles. The summed E-state index contributed by atoms with van der Waals surface area (Å²) in [5.74, 6) is -0.0439. The number of fused-ring (bicyclic) bond motifs is 1. The van der Waals surface area contributed by atoms with E-state index in [4.69, 9.17) is 4.63 Å². The maximum absolute atomic E-state index is 12.4. The summed E-state index contributed by atoms with van der Waals surface area (Å²) in [6.45, 7) is 7.15. The van der Waals surface area contributed by atoms with Gasteiger partial charge in [0.05, 0.1) is 12.2 Å². The molecule has 0 radical (unpaired) electrons. The SMILES string of the molecule is Cc1cccc(CN2CCN(CC(=O)Nc3cccc4nonc34)CC2)c1. The lowest BCUT2D eigenvalue weighted by atomic mass is 10.1. The standard InChI is InChI=1S/C20H23N5O2/c1-15-4-2-5-16(12-15)13-24-8-10-25(11-9-24)14-19(26)21-17-6-3-7-18-20(17)23-27-22-18/h2-7,12H,8-11,13-14H2,1H3,(H,21,26). The highest BCUT2D eigenvalue weighted by Crippen LogP contribution is 2.19. The Labute approximate surface area is 157 Å². The van der Waals surface area contributed by atoms with E-state index in [1.54, 1.807) is 6.07 Å². The molecule has 0 spiro atoms. The Balaban J connectivity index is 1.27. The average molecular weight is 365 g/mol. The molecule has 1 aliphatic heterocycles. The van der Waals surface area contributed by atoms with Gasteiger partial charge in [-0.25, -0.2) is 4.63 Å². The minimum atomic E-state index is -0.0439. The van der Waals surface area contributed by atoms with Gasteiger partial charge < -0.3 is 5.32 Å². The molecule has 1 amide bonds. The number of hydrogen-bond donors (Lipinski definition) is 1. The first-order chi connectivity index (χ1) is 13.2. The molecule has 1 N–H and O–H groups in total. The fraction of sp³-hybridized carbons (Fsp3) is 0.350. The molecule has 27 heavy (non-hydrogen) atoms. The van der Waals surface area contributed by atoms with Gasteiger partial charge in [0, 0.05) is 32.7 Å². The molecule has 0 saturated carbocycles. The number of piperazine rings is 1. The number of carbonyl (C=O) groups excluding carboxylic acids is 1. The van der Waals surface area contributed by atoms with Gasteiger partial charge in [0.15, 0.2) is 5.52 Å². The summed E-state index contributed by atoms with van der Waals surface area (Å²) >= 11 is 0. The fourth-order valence-corrected chi connectivity index (χ4v) is 3.47. The van der Waals surface area contributed by atoms with Crippen molar-refractivity contribution in [3.8, 4) is 0 Å². The molecule has 1 fully saturated rings. The highest BCUT2D eigenvalue weighted by molar-refractivity contribution is 5.99. The normalized spacial score (nSPS) is 15.9. The molecule has 1 aromatic heterocycles. The van der Waals surface area contributed by atoms with Gasteiger partial charge in [0.1, 0.15) is 5.52 Å². The highest BCUT2D eigenvalue weighted by Gasteiger charge is 2.19. The van der Waals surface area contributed by atoms with Crippen LogP contribution in [-0.4, -0.2) is 58.7 Å². The van der Waals surface area contributed by atoms with Crippen molar-refractivity contribution in [3.63, 3.8) is 0 Å². The monoisotopic (exact) mass is 365 g/mol. The molecule has 7 nitrogen and oxygen atoms in total. The van der Waals surface area contributed by atoms with E-state index >= 15 is 0 Å². The Morgan fingerprint density at radius 1 is 1.07 bits per heavy atom. The smallest absolute Gasteiger partial charge is 0.238 e. The Morgan fingerprint density at radius 3 is 2.67 bits per heavy atom. The van der Waals surface area contributed by atoms with Crippen molar-refractivity contribution in [1.82, 2.24) is 20.1 Å². The van der Waals surface area contributed by atoms with E-state index in [2.05, 4.69) is 56.6 Å². The van der Waals surface area contributed by atoms with Gasteiger partial charge in [-0.1, -0.05) is 35.9 Å². The number of nitrogens with zero attached hydrogens (tertiary/aromatic N) is 4. The maximum Gasteiger partial charge on any atom is 0.238 e. The summed E-state index contributed by atoms with van der Waals surface area (Å²) in [5, 5.41) is 10.6. The third-order valence-electron chi connectivity index (χ3n) is 4.88. The van der Waals surface area contributed by atoms with E-state index in [-0.39, 0.29) is 5.91 Å². The number of amides is 1. The van der Waals surface area contributed by atoms with Crippen LogP contribution in [0.2, 0.25) is 0 Å². The van der Waals surface area contributed by atoms with Crippen LogP contribution in [0.1, 0.15) is 11.1 Å². The quantitative estimate of drug-likeness (QED) is 0.748. The fourth-order valence-electron chi connectivity index (χ4n) is 3.47. The van der Waals surface area contributed by atoms with Crippen LogP contribution in [0.3, 0.4) is 0 Å². The Hall–Kier alpha value is -2.77. The van der Waals surface area contributed by atoms with E-state index in [0.29, 0.717) is 23.3 Å². The largest absolute Gasteiger partial charge is 0.323 e. The van der Waals surface area contributed by atoms with Crippen molar-refractivity contribution in [1.29, 1.82) is 0 Å². The molecule has 0 bridgehead atoms. The van der Waals surface area contributed by atoms with Gasteiger partial charge in [-0.05, 0) is 34.9 Å². The van der Waals surface area contributed by atoms with E-state index in [1.807, 2.05) is 12.1 Å². The van der Waals surface area contributed by atoms with Gasteiger partial charge >= 0.3 is 0 Å². The zero-order valence-corrected chi connectivity index (χ0v) is 15.4. The third kappa shape index (κ3) is 4.32. The van der Waals surface area contributed by atoms with Crippen LogP contribution < -0.4 is 5.32 Å².